The maximum Gasteiger partial charge on any atom is 0.0164 e. The van der Waals surface area contributed by atoms with Gasteiger partial charge in [-0.2, -0.15) is 0 Å². The van der Waals surface area contributed by atoms with Crippen molar-refractivity contribution in [2.45, 2.75) is 12.8 Å². The number of rotatable bonds is 6. The van der Waals surface area contributed by atoms with Crippen LogP contribution in [0.15, 0.2) is 25.3 Å². The first-order chi connectivity index (χ1) is 6.86. The predicted octanol–water partition coefficient (Wildman–Crippen LogP) is 2.50. The molecular formula is C12H24Cl2N2. The molecule has 1 fully saturated rings. The largest absolute Gasteiger partial charge is 0.317 e. The molecule has 0 aromatic heterocycles. The number of hydrogen-bond donors (Lipinski definition) is 1. The summed E-state index contributed by atoms with van der Waals surface area (Å²) in [6.07, 6.45) is 6.57. The Balaban J connectivity index is 0. The van der Waals surface area contributed by atoms with Gasteiger partial charge in [0.1, 0.15) is 0 Å². The van der Waals surface area contributed by atoms with Crippen molar-refractivity contribution in [3.8, 4) is 0 Å². The molecule has 1 rings (SSSR count). The lowest BCUT2D eigenvalue weighted by Crippen LogP contribution is -2.36. The van der Waals surface area contributed by atoms with E-state index in [1.54, 1.807) is 0 Å². The SMILES string of the molecule is C=CCN(CC=C)CC1CCNCC1.Cl.Cl. The summed E-state index contributed by atoms with van der Waals surface area (Å²) in [7, 11) is 0. The molecule has 0 unspecified atom stereocenters. The van der Waals surface area contributed by atoms with Crippen LogP contribution in [0, 0.1) is 5.92 Å². The van der Waals surface area contributed by atoms with Crippen molar-refractivity contribution >= 4 is 24.8 Å². The van der Waals surface area contributed by atoms with Crippen molar-refractivity contribution < 1.29 is 0 Å². The Bertz CT molecular complexity index is 170. The Kier molecular flexibility index (Phi) is 13.1. The van der Waals surface area contributed by atoms with Gasteiger partial charge in [-0.05, 0) is 31.8 Å². The molecule has 0 radical (unpaired) electrons. The Morgan fingerprint density at radius 1 is 1.06 bits per heavy atom. The highest BCUT2D eigenvalue weighted by Gasteiger charge is 2.15. The Morgan fingerprint density at radius 3 is 2.00 bits per heavy atom. The molecule has 1 heterocycles. The van der Waals surface area contributed by atoms with Crippen molar-refractivity contribution in [1.29, 1.82) is 0 Å². The summed E-state index contributed by atoms with van der Waals surface area (Å²) in [5, 5.41) is 3.39. The van der Waals surface area contributed by atoms with Crippen molar-refractivity contribution in [3.63, 3.8) is 0 Å². The smallest absolute Gasteiger partial charge is 0.0164 e. The van der Waals surface area contributed by atoms with Gasteiger partial charge in [0.15, 0.2) is 0 Å². The zero-order chi connectivity index (χ0) is 10.2. The number of nitrogens with one attached hydrogen (secondary N) is 1. The highest BCUT2D eigenvalue weighted by molar-refractivity contribution is 5.85. The molecule has 4 heteroatoms. The summed E-state index contributed by atoms with van der Waals surface area (Å²) in [5.74, 6) is 0.858. The van der Waals surface area contributed by atoms with Gasteiger partial charge in [-0.1, -0.05) is 12.2 Å². The summed E-state index contributed by atoms with van der Waals surface area (Å²) in [6.45, 7) is 13.1. The van der Waals surface area contributed by atoms with Gasteiger partial charge in [0.05, 0.1) is 0 Å². The van der Waals surface area contributed by atoms with Crippen LogP contribution < -0.4 is 5.32 Å². The second-order valence-corrected chi connectivity index (χ2v) is 3.99. The minimum Gasteiger partial charge on any atom is -0.317 e. The highest BCUT2D eigenvalue weighted by atomic mass is 35.5. The first kappa shape index (κ1) is 18.3. The molecule has 1 saturated heterocycles. The van der Waals surface area contributed by atoms with Crippen LogP contribution in [0.25, 0.3) is 0 Å². The van der Waals surface area contributed by atoms with E-state index >= 15 is 0 Å². The van der Waals surface area contributed by atoms with Gasteiger partial charge in [-0.15, -0.1) is 38.0 Å². The minimum atomic E-state index is 0. The van der Waals surface area contributed by atoms with Crippen molar-refractivity contribution in [2.75, 3.05) is 32.7 Å². The third-order valence-corrected chi connectivity index (χ3v) is 2.75. The Labute approximate surface area is 112 Å². The topological polar surface area (TPSA) is 15.3 Å². The highest BCUT2D eigenvalue weighted by Crippen LogP contribution is 2.13. The molecule has 16 heavy (non-hydrogen) atoms. The van der Waals surface area contributed by atoms with Gasteiger partial charge in [-0.3, -0.25) is 4.90 Å². The molecule has 0 spiro atoms. The summed E-state index contributed by atoms with van der Waals surface area (Å²) < 4.78 is 0. The van der Waals surface area contributed by atoms with Crippen LogP contribution >= 0.6 is 24.8 Å². The molecule has 2 nitrogen and oxygen atoms in total. The fourth-order valence-corrected chi connectivity index (χ4v) is 2.02. The second-order valence-electron chi connectivity index (χ2n) is 3.99. The maximum atomic E-state index is 3.79. The van der Waals surface area contributed by atoms with E-state index in [-0.39, 0.29) is 24.8 Å². The molecular weight excluding hydrogens is 243 g/mol. The van der Waals surface area contributed by atoms with E-state index in [1.807, 2.05) is 12.2 Å². The van der Waals surface area contributed by atoms with Crippen LogP contribution in [0.5, 0.6) is 0 Å². The van der Waals surface area contributed by atoms with E-state index in [1.165, 1.54) is 32.5 Å². The van der Waals surface area contributed by atoms with E-state index in [9.17, 15) is 0 Å². The molecule has 1 N–H and O–H groups in total. The Hall–Kier alpha value is -0.0200. The van der Waals surface area contributed by atoms with Crippen LogP contribution in [0.4, 0.5) is 0 Å². The first-order valence-corrected chi connectivity index (χ1v) is 5.51. The lowest BCUT2D eigenvalue weighted by atomic mass is 9.97. The molecule has 0 aliphatic carbocycles. The van der Waals surface area contributed by atoms with E-state index in [2.05, 4.69) is 23.4 Å². The van der Waals surface area contributed by atoms with Crippen LogP contribution in [0.1, 0.15) is 12.8 Å². The number of hydrogen-bond acceptors (Lipinski definition) is 2. The molecule has 0 aromatic carbocycles. The van der Waals surface area contributed by atoms with Gasteiger partial charge in [-0.25, -0.2) is 0 Å². The van der Waals surface area contributed by atoms with Gasteiger partial charge in [0, 0.05) is 19.6 Å². The fraction of sp³-hybridized carbons (Fsp3) is 0.667. The van der Waals surface area contributed by atoms with Crippen molar-refractivity contribution in [3.05, 3.63) is 25.3 Å². The zero-order valence-corrected chi connectivity index (χ0v) is 11.5. The fourth-order valence-electron chi connectivity index (χ4n) is 2.02. The standard InChI is InChI=1S/C12H22N2.2ClH/c1-3-9-14(10-4-2)11-12-5-7-13-8-6-12;;/h3-4,12-13H,1-2,5-11H2;2*1H. The van der Waals surface area contributed by atoms with Gasteiger partial charge < -0.3 is 5.32 Å². The first-order valence-electron chi connectivity index (χ1n) is 5.51. The average Bonchev–Trinajstić information content (AvgIpc) is 2.20. The van der Waals surface area contributed by atoms with E-state index in [4.69, 9.17) is 0 Å². The zero-order valence-electron chi connectivity index (χ0n) is 9.86. The minimum absolute atomic E-state index is 0. The second kappa shape index (κ2) is 11.5. The van der Waals surface area contributed by atoms with E-state index < -0.39 is 0 Å². The summed E-state index contributed by atoms with van der Waals surface area (Å²) >= 11 is 0. The van der Waals surface area contributed by atoms with Crippen LogP contribution in [0.2, 0.25) is 0 Å². The van der Waals surface area contributed by atoms with Gasteiger partial charge in [0.2, 0.25) is 0 Å². The lowest BCUT2D eigenvalue weighted by Gasteiger charge is -2.28. The summed E-state index contributed by atoms with van der Waals surface area (Å²) in [4.78, 5) is 2.41. The molecule has 0 amide bonds. The maximum absolute atomic E-state index is 3.79. The summed E-state index contributed by atoms with van der Waals surface area (Å²) in [5.41, 5.74) is 0. The Morgan fingerprint density at radius 2 is 1.56 bits per heavy atom. The average molecular weight is 267 g/mol. The number of halogens is 2. The number of piperidine rings is 1. The molecule has 0 bridgehead atoms. The molecule has 1 aliphatic heterocycles. The lowest BCUT2D eigenvalue weighted by molar-refractivity contribution is 0.239. The molecule has 0 saturated carbocycles. The van der Waals surface area contributed by atoms with Crippen LogP contribution in [-0.2, 0) is 0 Å². The monoisotopic (exact) mass is 266 g/mol. The predicted molar refractivity (Wildman–Crippen MR) is 76.9 cm³/mol. The third-order valence-electron chi connectivity index (χ3n) is 2.75. The summed E-state index contributed by atoms with van der Waals surface area (Å²) in [6, 6.07) is 0. The third kappa shape index (κ3) is 7.29. The van der Waals surface area contributed by atoms with Crippen molar-refractivity contribution in [2.24, 2.45) is 5.92 Å². The van der Waals surface area contributed by atoms with E-state index in [0.717, 1.165) is 19.0 Å². The molecule has 96 valence electrons. The van der Waals surface area contributed by atoms with Crippen LogP contribution in [0.3, 0.4) is 0 Å². The van der Waals surface area contributed by atoms with Gasteiger partial charge >= 0.3 is 0 Å². The molecule has 0 aromatic rings. The normalized spacial score (nSPS) is 16.1. The molecule has 1 aliphatic rings. The van der Waals surface area contributed by atoms with E-state index in [0.29, 0.717) is 0 Å². The quantitative estimate of drug-likeness (QED) is 0.744. The van der Waals surface area contributed by atoms with Crippen LogP contribution in [-0.4, -0.2) is 37.6 Å². The number of nitrogens with zero attached hydrogens (tertiary/aromatic N) is 1. The molecule has 0 atom stereocenters. The van der Waals surface area contributed by atoms with Crippen molar-refractivity contribution in [1.82, 2.24) is 10.2 Å². The van der Waals surface area contributed by atoms with Gasteiger partial charge in [0.25, 0.3) is 0 Å².